The van der Waals surface area contributed by atoms with Gasteiger partial charge in [0.25, 0.3) is 0 Å². The summed E-state index contributed by atoms with van der Waals surface area (Å²) in [5.74, 6) is -3.20. The summed E-state index contributed by atoms with van der Waals surface area (Å²) in [6.07, 6.45) is -1.28. The molecule has 12 heavy (non-hydrogen) atoms. The fourth-order valence-electron chi connectivity index (χ4n) is 0.496. The second-order valence-electron chi connectivity index (χ2n) is 1.98. The van der Waals surface area contributed by atoms with Crippen LogP contribution in [0.2, 0.25) is 0 Å². The standard InChI is InChI=1S/C6H8O5.K/c7-4(3-6(10)11)1-2-5(8)9;/h1-3H2,(H,8,9)(H,10,11);/q;+1/p-1. The van der Waals surface area contributed by atoms with Crippen LogP contribution in [0.15, 0.2) is 0 Å². The van der Waals surface area contributed by atoms with Gasteiger partial charge in [0.05, 0.1) is 6.42 Å². The van der Waals surface area contributed by atoms with Crippen molar-refractivity contribution in [3.05, 3.63) is 0 Å². The molecule has 0 aromatic carbocycles. The zero-order valence-electron chi connectivity index (χ0n) is 6.70. The number of carbonyl (C=O) groups is 3. The molecular weight excluding hydrogens is 191 g/mol. The minimum Gasteiger partial charge on any atom is -0.550 e. The number of ketones is 1. The molecule has 0 bridgehead atoms. The van der Waals surface area contributed by atoms with E-state index in [4.69, 9.17) is 5.11 Å². The van der Waals surface area contributed by atoms with Crippen molar-refractivity contribution in [3.8, 4) is 0 Å². The quantitative estimate of drug-likeness (QED) is 0.355. The van der Waals surface area contributed by atoms with Crippen LogP contribution in [0, 0.1) is 0 Å². The van der Waals surface area contributed by atoms with Gasteiger partial charge in [-0.25, -0.2) is 0 Å². The molecule has 0 aliphatic carbocycles. The number of carboxylic acids is 2. The van der Waals surface area contributed by atoms with Gasteiger partial charge in [-0.3, -0.25) is 9.59 Å². The Morgan fingerprint density at radius 3 is 2.00 bits per heavy atom. The van der Waals surface area contributed by atoms with Crippen molar-refractivity contribution in [1.82, 2.24) is 0 Å². The maximum atomic E-state index is 10.5. The third-order valence-electron chi connectivity index (χ3n) is 0.959. The predicted molar refractivity (Wildman–Crippen MR) is 31.5 cm³/mol. The summed E-state index contributed by atoms with van der Waals surface area (Å²) in [7, 11) is 0. The fourth-order valence-corrected chi connectivity index (χ4v) is 0.496. The topological polar surface area (TPSA) is 94.5 Å². The van der Waals surface area contributed by atoms with E-state index in [0.29, 0.717) is 0 Å². The molecule has 0 aromatic heterocycles. The van der Waals surface area contributed by atoms with Crippen molar-refractivity contribution in [1.29, 1.82) is 0 Å². The average Bonchev–Trinajstić information content (AvgIpc) is 1.82. The van der Waals surface area contributed by atoms with E-state index in [1.165, 1.54) is 0 Å². The summed E-state index contributed by atoms with van der Waals surface area (Å²) in [6.45, 7) is 0. The fraction of sp³-hybridized carbons (Fsp3) is 0.500. The summed E-state index contributed by atoms with van der Waals surface area (Å²) in [6, 6.07) is 0. The van der Waals surface area contributed by atoms with Gasteiger partial charge in [-0.2, -0.15) is 0 Å². The van der Waals surface area contributed by atoms with Gasteiger partial charge in [0.2, 0.25) is 0 Å². The Bertz CT molecular complexity index is 188. The number of Topliss-reactive ketones (excluding diaryl/α,β-unsaturated/α-hetero) is 1. The second-order valence-corrected chi connectivity index (χ2v) is 1.98. The molecule has 62 valence electrons. The largest absolute Gasteiger partial charge is 1.00 e. The molecular formula is C6H7KO5. The normalized spacial score (nSPS) is 8.33. The summed E-state index contributed by atoms with van der Waals surface area (Å²) in [5, 5.41) is 17.9. The molecule has 0 aliphatic heterocycles. The Morgan fingerprint density at radius 1 is 1.17 bits per heavy atom. The van der Waals surface area contributed by atoms with Gasteiger partial charge in [-0.1, -0.05) is 0 Å². The molecule has 6 heteroatoms. The molecule has 0 atom stereocenters. The summed E-state index contributed by atoms with van der Waals surface area (Å²) < 4.78 is 0. The minimum absolute atomic E-state index is 0. The van der Waals surface area contributed by atoms with E-state index < -0.39 is 24.1 Å². The maximum absolute atomic E-state index is 10.5. The van der Waals surface area contributed by atoms with Gasteiger partial charge < -0.3 is 15.0 Å². The van der Waals surface area contributed by atoms with Crippen molar-refractivity contribution in [3.63, 3.8) is 0 Å². The van der Waals surface area contributed by atoms with Crippen LogP contribution < -0.4 is 56.5 Å². The van der Waals surface area contributed by atoms with E-state index in [0.717, 1.165) is 0 Å². The van der Waals surface area contributed by atoms with E-state index >= 15 is 0 Å². The third-order valence-corrected chi connectivity index (χ3v) is 0.959. The van der Waals surface area contributed by atoms with Gasteiger partial charge in [0.1, 0.15) is 5.78 Å². The Labute approximate surface area is 112 Å². The van der Waals surface area contributed by atoms with Crippen LogP contribution in [-0.2, 0) is 14.4 Å². The number of carboxylic acid groups (broad SMARTS) is 2. The zero-order valence-corrected chi connectivity index (χ0v) is 9.82. The smallest absolute Gasteiger partial charge is 0.550 e. The van der Waals surface area contributed by atoms with Crippen LogP contribution in [0.3, 0.4) is 0 Å². The van der Waals surface area contributed by atoms with Gasteiger partial charge >= 0.3 is 57.4 Å². The third kappa shape index (κ3) is 10.2. The van der Waals surface area contributed by atoms with Crippen molar-refractivity contribution >= 4 is 17.7 Å². The first kappa shape index (κ1) is 14.8. The van der Waals surface area contributed by atoms with Gasteiger partial charge in [-0.05, 0) is 0 Å². The van der Waals surface area contributed by atoms with Crippen LogP contribution in [0.25, 0.3) is 0 Å². The SMILES string of the molecule is O=C([O-])CC(=O)CCC(=O)O.[K+]. The van der Waals surface area contributed by atoms with Gasteiger partial charge in [-0.15, -0.1) is 0 Å². The Morgan fingerprint density at radius 2 is 1.67 bits per heavy atom. The van der Waals surface area contributed by atoms with Crippen LogP contribution in [0.4, 0.5) is 0 Å². The van der Waals surface area contributed by atoms with E-state index in [-0.39, 0.29) is 64.2 Å². The van der Waals surface area contributed by atoms with E-state index in [1.54, 1.807) is 0 Å². The van der Waals surface area contributed by atoms with Crippen LogP contribution in [-0.4, -0.2) is 22.8 Å². The summed E-state index contributed by atoms with van der Waals surface area (Å²) in [5.41, 5.74) is 0. The first-order chi connectivity index (χ1) is 5.02. The molecule has 0 unspecified atom stereocenters. The number of rotatable bonds is 5. The summed E-state index contributed by atoms with van der Waals surface area (Å²) >= 11 is 0. The number of carbonyl (C=O) groups excluding carboxylic acids is 2. The van der Waals surface area contributed by atoms with Crippen molar-refractivity contribution in [2.45, 2.75) is 19.3 Å². The molecule has 1 N–H and O–H groups in total. The predicted octanol–water partition coefficient (Wildman–Crippen LogP) is -4.44. The van der Waals surface area contributed by atoms with Gasteiger partial charge in [0, 0.05) is 18.8 Å². The minimum atomic E-state index is -1.47. The molecule has 0 spiro atoms. The van der Waals surface area contributed by atoms with E-state index in [2.05, 4.69) is 0 Å². The monoisotopic (exact) mass is 198 g/mol. The maximum Gasteiger partial charge on any atom is 1.00 e. The summed E-state index contributed by atoms with van der Waals surface area (Å²) in [4.78, 5) is 30.1. The molecule has 0 amide bonds. The Balaban J connectivity index is 0. The number of hydrogen-bond acceptors (Lipinski definition) is 4. The molecule has 0 saturated heterocycles. The number of aliphatic carboxylic acids is 2. The molecule has 0 rings (SSSR count). The molecule has 0 radical (unpaired) electrons. The first-order valence-electron chi connectivity index (χ1n) is 2.95. The molecule has 5 nitrogen and oxygen atoms in total. The number of hydrogen-bond donors (Lipinski definition) is 1. The molecule has 0 fully saturated rings. The molecule has 0 saturated carbocycles. The van der Waals surface area contributed by atoms with E-state index in [9.17, 15) is 19.5 Å². The zero-order chi connectivity index (χ0) is 8.85. The van der Waals surface area contributed by atoms with Crippen molar-refractivity contribution in [2.24, 2.45) is 0 Å². The van der Waals surface area contributed by atoms with Crippen LogP contribution in [0.1, 0.15) is 19.3 Å². The Hall–Kier alpha value is 0.246. The average molecular weight is 198 g/mol. The van der Waals surface area contributed by atoms with E-state index in [1.807, 2.05) is 0 Å². The van der Waals surface area contributed by atoms with Crippen LogP contribution in [0.5, 0.6) is 0 Å². The van der Waals surface area contributed by atoms with Crippen LogP contribution >= 0.6 is 0 Å². The Kier molecular flexibility index (Phi) is 9.68. The molecule has 0 aromatic rings. The molecule has 0 aliphatic rings. The second kappa shape index (κ2) is 7.87. The van der Waals surface area contributed by atoms with Crippen molar-refractivity contribution in [2.75, 3.05) is 0 Å². The van der Waals surface area contributed by atoms with Gasteiger partial charge in [0.15, 0.2) is 0 Å². The first-order valence-corrected chi connectivity index (χ1v) is 2.95. The molecule has 0 heterocycles. The van der Waals surface area contributed by atoms with Crippen molar-refractivity contribution < 1.29 is 76.0 Å².